The van der Waals surface area contributed by atoms with Crippen LogP contribution in [0.1, 0.15) is 22.7 Å². The van der Waals surface area contributed by atoms with Crippen LogP contribution in [-0.2, 0) is 11.2 Å². The number of halogens is 3. The second-order valence-corrected chi connectivity index (χ2v) is 8.59. The molecular formula is C25H17BrF2N2O2. The Hall–Kier alpha value is -3.32. The number of hydrogen-bond acceptors (Lipinski definition) is 3. The third-order valence-electron chi connectivity index (χ3n) is 5.61. The molecule has 1 aliphatic rings. The standard InChI is InChI=1S/C25H17BrF2N2O2/c26-16-8-6-14(7-9-16)12-19-21(15-4-2-1-3-5-15)22-24(32-25(19)31)30-23(29-22)18-13-17(27)10-11-20(18)28/h1-11,13,19,21H,12H2,(H,29,30). The van der Waals surface area contributed by atoms with Gasteiger partial charge in [-0.15, -0.1) is 0 Å². The molecule has 0 aliphatic carbocycles. The third kappa shape index (κ3) is 3.84. The SMILES string of the molecule is O=C1Oc2[nH]c(-c3cc(F)ccc3F)nc2C(c2ccccc2)C1Cc1ccc(Br)cc1. The van der Waals surface area contributed by atoms with Gasteiger partial charge >= 0.3 is 5.97 Å². The molecule has 0 saturated carbocycles. The first kappa shape index (κ1) is 20.6. The smallest absolute Gasteiger partial charge is 0.317 e. The summed E-state index contributed by atoms with van der Waals surface area (Å²) < 4.78 is 34.7. The van der Waals surface area contributed by atoms with Gasteiger partial charge in [-0.2, -0.15) is 0 Å². The molecule has 4 nitrogen and oxygen atoms in total. The minimum Gasteiger partial charge on any atom is -0.407 e. The van der Waals surface area contributed by atoms with Crippen molar-refractivity contribution in [3.05, 3.63) is 106 Å². The normalized spacial score (nSPS) is 17.7. The number of carbonyl (C=O) groups is 1. The second-order valence-electron chi connectivity index (χ2n) is 7.67. The fourth-order valence-electron chi connectivity index (χ4n) is 4.09. The number of rotatable bonds is 4. The summed E-state index contributed by atoms with van der Waals surface area (Å²) in [6, 6.07) is 20.4. The van der Waals surface area contributed by atoms with Gasteiger partial charge in [-0.05, 0) is 47.9 Å². The summed E-state index contributed by atoms with van der Waals surface area (Å²) in [7, 11) is 0. The molecule has 3 aromatic carbocycles. The van der Waals surface area contributed by atoms with Crippen LogP contribution < -0.4 is 4.74 Å². The number of ether oxygens (including phenoxy) is 1. The molecule has 0 amide bonds. The molecule has 2 heterocycles. The lowest BCUT2D eigenvalue weighted by Gasteiger charge is -2.29. The summed E-state index contributed by atoms with van der Waals surface area (Å²) in [6.45, 7) is 0. The Morgan fingerprint density at radius 3 is 2.50 bits per heavy atom. The number of H-pyrrole nitrogens is 1. The minimum atomic E-state index is -0.619. The van der Waals surface area contributed by atoms with Crippen LogP contribution in [0, 0.1) is 17.6 Å². The highest BCUT2D eigenvalue weighted by atomic mass is 79.9. The first-order chi connectivity index (χ1) is 15.5. The van der Waals surface area contributed by atoms with E-state index in [2.05, 4.69) is 25.9 Å². The van der Waals surface area contributed by atoms with Gasteiger partial charge in [-0.25, -0.2) is 13.8 Å². The monoisotopic (exact) mass is 494 g/mol. The molecule has 2 unspecified atom stereocenters. The maximum absolute atomic E-state index is 14.4. The van der Waals surface area contributed by atoms with Crippen LogP contribution >= 0.6 is 15.9 Å². The molecule has 4 aromatic rings. The lowest BCUT2D eigenvalue weighted by Crippen LogP contribution is -2.34. The summed E-state index contributed by atoms with van der Waals surface area (Å²) in [5, 5.41) is 0. The molecule has 1 aromatic heterocycles. The van der Waals surface area contributed by atoms with E-state index in [9.17, 15) is 13.6 Å². The van der Waals surface area contributed by atoms with Crippen molar-refractivity contribution >= 4 is 21.9 Å². The number of imidazole rings is 1. The number of carbonyl (C=O) groups excluding carboxylic acids is 1. The van der Waals surface area contributed by atoms with Gasteiger partial charge in [-0.3, -0.25) is 4.79 Å². The van der Waals surface area contributed by atoms with Crippen LogP contribution in [-0.4, -0.2) is 15.9 Å². The topological polar surface area (TPSA) is 55.0 Å². The summed E-state index contributed by atoms with van der Waals surface area (Å²) in [5.41, 5.74) is 2.35. The molecule has 2 atom stereocenters. The Morgan fingerprint density at radius 2 is 1.75 bits per heavy atom. The lowest BCUT2D eigenvalue weighted by atomic mass is 9.79. The summed E-state index contributed by atoms with van der Waals surface area (Å²) in [5.74, 6) is -2.26. The predicted molar refractivity (Wildman–Crippen MR) is 119 cm³/mol. The fraction of sp³-hybridized carbons (Fsp3) is 0.120. The first-order valence-corrected chi connectivity index (χ1v) is 10.9. The van der Waals surface area contributed by atoms with Crippen molar-refractivity contribution in [1.29, 1.82) is 0 Å². The molecule has 5 rings (SSSR count). The van der Waals surface area contributed by atoms with E-state index in [-0.39, 0.29) is 17.3 Å². The summed E-state index contributed by atoms with van der Waals surface area (Å²) in [4.78, 5) is 20.5. The lowest BCUT2D eigenvalue weighted by molar-refractivity contribution is -0.141. The molecule has 7 heteroatoms. The van der Waals surface area contributed by atoms with E-state index in [0.717, 1.165) is 33.8 Å². The fourth-order valence-corrected chi connectivity index (χ4v) is 4.36. The van der Waals surface area contributed by atoms with Gasteiger partial charge in [0.2, 0.25) is 5.88 Å². The van der Waals surface area contributed by atoms with Crippen LogP contribution in [0.25, 0.3) is 11.4 Å². The average Bonchev–Trinajstić information content (AvgIpc) is 3.21. The van der Waals surface area contributed by atoms with Crippen molar-refractivity contribution in [2.45, 2.75) is 12.3 Å². The van der Waals surface area contributed by atoms with Crippen molar-refractivity contribution < 1.29 is 18.3 Å². The van der Waals surface area contributed by atoms with E-state index in [4.69, 9.17) is 4.74 Å². The average molecular weight is 495 g/mol. The zero-order valence-electron chi connectivity index (χ0n) is 16.7. The molecular weight excluding hydrogens is 478 g/mol. The summed E-state index contributed by atoms with van der Waals surface area (Å²) in [6.07, 6.45) is 0.446. The number of aromatic amines is 1. The highest BCUT2D eigenvalue weighted by Gasteiger charge is 2.41. The maximum atomic E-state index is 14.4. The molecule has 0 bridgehead atoms. The minimum absolute atomic E-state index is 0.0216. The van der Waals surface area contributed by atoms with Gasteiger partial charge in [-0.1, -0.05) is 58.4 Å². The Morgan fingerprint density at radius 1 is 1.00 bits per heavy atom. The van der Waals surface area contributed by atoms with Crippen LogP contribution in [0.4, 0.5) is 8.78 Å². The van der Waals surface area contributed by atoms with Crippen LogP contribution in [0.5, 0.6) is 5.88 Å². The number of hydrogen-bond donors (Lipinski definition) is 1. The quantitative estimate of drug-likeness (QED) is 0.352. The van der Waals surface area contributed by atoms with E-state index >= 15 is 0 Å². The first-order valence-electron chi connectivity index (χ1n) is 10.1. The van der Waals surface area contributed by atoms with Crippen molar-refractivity contribution in [1.82, 2.24) is 9.97 Å². The van der Waals surface area contributed by atoms with Gasteiger partial charge < -0.3 is 9.72 Å². The van der Waals surface area contributed by atoms with Crippen molar-refractivity contribution in [3.63, 3.8) is 0 Å². The summed E-state index contributed by atoms with van der Waals surface area (Å²) >= 11 is 3.43. The molecule has 0 radical (unpaired) electrons. The van der Waals surface area contributed by atoms with Gasteiger partial charge in [0, 0.05) is 10.4 Å². The number of nitrogens with one attached hydrogen (secondary N) is 1. The van der Waals surface area contributed by atoms with E-state index in [0.29, 0.717) is 12.1 Å². The van der Waals surface area contributed by atoms with Crippen molar-refractivity contribution in [2.24, 2.45) is 5.92 Å². The number of benzene rings is 3. The van der Waals surface area contributed by atoms with E-state index in [1.807, 2.05) is 54.6 Å². The van der Waals surface area contributed by atoms with E-state index in [1.54, 1.807) is 0 Å². The van der Waals surface area contributed by atoms with Crippen LogP contribution in [0.3, 0.4) is 0 Å². The van der Waals surface area contributed by atoms with Gasteiger partial charge in [0.25, 0.3) is 0 Å². The third-order valence-corrected chi connectivity index (χ3v) is 6.14. The predicted octanol–water partition coefficient (Wildman–Crippen LogP) is 6.03. The van der Waals surface area contributed by atoms with E-state index in [1.165, 1.54) is 0 Å². The molecule has 32 heavy (non-hydrogen) atoms. The molecule has 160 valence electrons. The molecule has 0 spiro atoms. The number of fused-ring (bicyclic) bond motifs is 1. The van der Waals surface area contributed by atoms with Gasteiger partial charge in [0.1, 0.15) is 23.2 Å². The van der Waals surface area contributed by atoms with Gasteiger partial charge in [0.15, 0.2) is 0 Å². The van der Waals surface area contributed by atoms with Gasteiger partial charge in [0.05, 0.1) is 11.5 Å². The molecule has 1 N–H and O–H groups in total. The van der Waals surface area contributed by atoms with Crippen molar-refractivity contribution in [2.75, 3.05) is 0 Å². The van der Waals surface area contributed by atoms with E-state index < -0.39 is 29.4 Å². The zero-order valence-corrected chi connectivity index (χ0v) is 18.3. The Labute approximate surface area is 191 Å². The zero-order chi connectivity index (χ0) is 22.2. The number of aromatic nitrogens is 2. The maximum Gasteiger partial charge on any atom is 0.317 e. The van der Waals surface area contributed by atoms with Crippen LogP contribution in [0.15, 0.2) is 77.3 Å². The largest absolute Gasteiger partial charge is 0.407 e. The Kier molecular flexibility index (Phi) is 5.35. The highest BCUT2D eigenvalue weighted by molar-refractivity contribution is 9.10. The Balaban J connectivity index is 1.61. The molecule has 0 fully saturated rings. The van der Waals surface area contributed by atoms with Crippen LogP contribution in [0.2, 0.25) is 0 Å². The molecule has 0 saturated heterocycles. The van der Waals surface area contributed by atoms with Crippen molar-refractivity contribution in [3.8, 4) is 17.3 Å². The molecule has 1 aliphatic heterocycles. The highest BCUT2D eigenvalue weighted by Crippen LogP contribution is 2.43. The Bertz CT molecular complexity index is 1290. The second kappa shape index (κ2) is 8.31. The number of nitrogens with zero attached hydrogens (tertiary/aromatic N) is 1. The number of esters is 1.